The van der Waals surface area contributed by atoms with Gasteiger partial charge in [-0.3, -0.25) is 0 Å². The van der Waals surface area contributed by atoms with E-state index in [1.165, 1.54) is 19.3 Å². The molecule has 0 aliphatic heterocycles. The van der Waals surface area contributed by atoms with Crippen LogP contribution in [0.3, 0.4) is 0 Å². The van der Waals surface area contributed by atoms with Crippen molar-refractivity contribution >= 4 is 9.28 Å². The van der Waals surface area contributed by atoms with Crippen LogP contribution in [0.4, 0.5) is 0 Å². The third-order valence-electron chi connectivity index (χ3n) is 3.25. The van der Waals surface area contributed by atoms with Crippen LogP contribution in [0.1, 0.15) is 52.9 Å². The first-order chi connectivity index (χ1) is 7.29. The van der Waals surface area contributed by atoms with Crippen molar-refractivity contribution in [3.8, 4) is 0 Å². The molecule has 0 aromatic rings. The lowest BCUT2D eigenvalue weighted by Crippen LogP contribution is -2.31. The molecule has 15 heavy (non-hydrogen) atoms. The fourth-order valence-corrected chi connectivity index (χ4v) is 5.11. The normalized spacial score (nSPS) is 26.4. The van der Waals surface area contributed by atoms with Crippen molar-refractivity contribution in [1.29, 1.82) is 0 Å². The second-order valence-corrected chi connectivity index (χ2v) is 6.94. The number of rotatable bonds is 7. The predicted octanol–water partition coefficient (Wildman–Crippen LogP) is 3.25. The van der Waals surface area contributed by atoms with Gasteiger partial charge in [-0.15, -0.1) is 0 Å². The van der Waals surface area contributed by atoms with Crippen molar-refractivity contribution in [2.45, 2.75) is 58.4 Å². The maximum atomic E-state index is 5.96. The predicted molar refractivity (Wildman–Crippen MR) is 66.4 cm³/mol. The highest BCUT2D eigenvalue weighted by atomic mass is 28.3. The first-order valence-electron chi connectivity index (χ1n) is 6.52. The van der Waals surface area contributed by atoms with Crippen molar-refractivity contribution in [3.05, 3.63) is 0 Å². The molecule has 0 N–H and O–H groups in total. The highest BCUT2D eigenvalue weighted by Crippen LogP contribution is 2.38. The van der Waals surface area contributed by atoms with Crippen molar-refractivity contribution in [3.63, 3.8) is 0 Å². The second kappa shape index (κ2) is 7.42. The lowest BCUT2D eigenvalue weighted by Gasteiger charge is -2.24. The van der Waals surface area contributed by atoms with E-state index in [0.717, 1.165) is 37.5 Å². The summed E-state index contributed by atoms with van der Waals surface area (Å²) in [6, 6.07) is 0. The van der Waals surface area contributed by atoms with Crippen LogP contribution in [0, 0.1) is 5.92 Å². The Labute approximate surface area is 96.2 Å². The number of hydrogen-bond acceptors (Lipinski definition) is 2. The lowest BCUT2D eigenvalue weighted by molar-refractivity contribution is 0.182. The van der Waals surface area contributed by atoms with E-state index in [9.17, 15) is 0 Å². The van der Waals surface area contributed by atoms with Crippen LogP contribution in [0.15, 0.2) is 0 Å². The molecule has 0 spiro atoms. The Morgan fingerprint density at radius 3 is 2.07 bits per heavy atom. The van der Waals surface area contributed by atoms with Gasteiger partial charge in [0, 0.05) is 18.8 Å². The summed E-state index contributed by atoms with van der Waals surface area (Å²) in [4.78, 5) is 0. The van der Waals surface area contributed by atoms with Crippen LogP contribution in [-0.4, -0.2) is 22.5 Å². The lowest BCUT2D eigenvalue weighted by atomic mass is 10.1. The van der Waals surface area contributed by atoms with Crippen LogP contribution >= 0.6 is 0 Å². The van der Waals surface area contributed by atoms with E-state index in [2.05, 4.69) is 20.8 Å². The SMILES string of the molecule is CCCO[SiH](OCCC)C1CCCC1C. The average Bonchev–Trinajstić information content (AvgIpc) is 2.65. The van der Waals surface area contributed by atoms with Gasteiger partial charge < -0.3 is 8.85 Å². The van der Waals surface area contributed by atoms with Crippen molar-refractivity contribution in [1.82, 2.24) is 0 Å². The molecule has 0 aromatic heterocycles. The average molecular weight is 230 g/mol. The Kier molecular flexibility index (Phi) is 6.53. The molecular formula is C12H26O2Si. The molecule has 1 aliphatic rings. The Hall–Kier alpha value is 0.137. The Balaban J connectivity index is 2.38. The molecule has 0 saturated heterocycles. The molecule has 3 heteroatoms. The van der Waals surface area contributed by atoms with Gasteiger partial charge in [-0.25, -0.2) is 0 Å². The minimum atomic E-state index is -1.38. The van der Waals surface area contributed by atoms with Crippen molar-refractivity contribution < 1.29 is 8.85 Å². The first-order valence-corrected chi connectivity index (χ1v) is 8.13. The molecular weight excluding hydrogens is 204 g/mol. The van der Waals surface area contributed by atoms with E-state index < -0.39 is 9.28 Å². The first kappa shape index (κ1) is 13.2. The molecule has 1 rings (SSSR count). The maximum Gasteiger partial charge on any atom is 0.324 e. The van der Waals surface area contributed by atoms with Gasteiger partial charge in [-0.1, -0.05) is 33.6 Å². The molecule has 2 atom stereocenters. The minimum Gasteiger partial charge on any atom is -0.396 e. The van der Waals surface area contributed by atoms with Gasteiger partial charge in [0.1, 0.15) is 0 Å². The number of hydrogen-bond donors (Lipinski definition) is 0. The summed E-state index contributed by atoms with van der Waals surface area (Å²) in [6.07, 6.45) is 6.31. The highest BCUT2D eigenvalue weighted by Gasteiger charge is 2.34. The molecule has 1 saturated carbocycles. The summed E-state index contributed by atoms with van der Waals surface area (Å²) < 4.78 is 11.9. The molecule has 0 bridgehead atoms. The van der Waals surface area contributed by atoms with Gasteiger partial charge in [-0.05, 0) is 25.2 Å². The maximum absolute atomic E-state index is 5.96. The summed E-state index contributed by atoms with van der Waals surface area (Å²) in [7, 11) is -1.38. The quantitative estimate of drug-likeness (QED) is 0.625. The Morgan fingerprint density at radius 1 is 1.07 bits per heavy atom. The van der Waals surface area contributed by atoms with Crippen LogP contribution in [-0.2, 0) is 8.85 Å². The molecule has 0 heterocycles. The minimum absolute atomic E-state index is 0.767. The summed E-state index contributed by atoms with van der Waals surface area (Å²) in [5.74, 6) is 0.829. The molecule has 1 fully saturated rings. The van der Waals surface area contributed by atoms with Gasteiger partial charge in [-0.2, -0.15) is 0 Å². The van der Waals surface area contributed by atoms with E-state index in [4.69, 9.17) is 8.85 Å². The van der Waals surface area contributed by atoms with Crippen LogP contribution < -0.4 is 0 Å². The smallest absolute Gasteiger partial charge is 0.324 e. The van der Waals surface area contributed by atoms with Gasteiger partial charge in [0.2, 0.25) is 0 Å². The molecule has 90 valence electrons. The standard InChI is InChI=1S/C12H26O2Si/c1-4-9-13-15(14-10-5-2)12-8-6-7-11(12)3/h11-12,15H,4-10H2,1-3H3. The largest absolute Gasteiger partial charge is 0.396 e. The van der Waals surface area contributed by atoms with Crippen LogP contribution in [0.5, 0.6) is 0 Å². The van der Waals surface area contributed by atoms with Crippen LogP contribution in [0.2, 0.25) is 5.54 Å². The summed E-state index contributed by atoms with van der Waals surface area (Å²) in [5.41, 5.74) is 0.767. The third kappa shape index (κ3) is 4.25. The summed E-state index contributed by atoms with van der Waals surface area (Å²) in [6.45, 7) is 8.49. The monoisotopic (exact) mass is 230 g/mol. The summed E-state index contributed by atoms with van der Waals surface area (Å²) in [5, 5.41) is 0. The molecule has 2 unspecified atom stereocenters. The van der Waals surface area contributed by atoms with E-state index in [0.29, 0.717) is 0 Å². The van der Waals surface area contributed by atoms with Gasteiger partial charge in [0.15, 0.2) is 0 Å². The molecule has 1 aliphatic carbocycles. The zero-order valence-electron chi connectivity index (χ0n) is 10.5. The topological polar surface area (TPSA) is 18.5 Å². The van der Waals surface area contributed by atoms with Crippen LogP contribution in [0.25, 0.3) is 0 Å². The highest BCUT2D eigenvalue weighted by molar-refractivity contribution is 6.46. The molecule has 0 radical (unpaired) electrons. The van der Waals surface area contributed by atoms with E-state index in [1.54, 1.807) is 0 Å². The molecule has 2 nitrogen and oxygen atoms in total. The fourth-order valence-electron chi connectivity index (χ4n) is 2.34. The fraction of sp³-hybridized carbons (Fsp3) is 1.00. The zero-order chi connectivity index (χ0) is 11.1. The van der Waals surface area contributed by atoms with E-state index >= 15 is 0 Å². The molecule has 0 amide bonds. The zero-order valence-corrected chi connectivity index (χ0v) is 11.7. The van der Waals surface area contributed by atoms with Gasteiger partial charge in [0.05, 0.1) is 0 Å². The second-order valence-electron chi connectivity index (χ2n) is 4.68. The van der Waals surface area contributed by atoms with Gasteiger partial charge in [0.25, 0.3) is 0 Å². The van der Waals surface area contributed by atoms with Crippen molar-refractivity contribution in [2.75, 3.05) is 13.2 Å². The van der Waals surface area contributed by atoms with Crippen molar-refractivity contribution in [2.24, 2.45) is 5.92 Å². The summed E-state index contributed by atoms with van der Waals surface area (Å²) >= 11 is 0. The van der Waals surface area contributed by atoms with E-state index in [-0.39, 0.29) is 0 Å². The Morgan fingerprint density at radius 2 is 1.67 bits per heavy atom. The van der Waals surface area contributed by atoms with E-state index in [1.807, 2.05) is 0 Å². The van der Waals surface area contributed by atoms with Gasteiger partial charge >= 0.3 is 9.28 Å². The Bertz CT molecular complexity index is 156. The molecule has 0 aromatic carbocycles. The third-order valence-corrected chi connectivity index (χ3v) is 6.07.